The molecule has 0 heterocycles. The molecule has 0 radical (unpaired) electrons. The molecule has 0 aliphatic rings. The molecule has 21 heavy (non-hydrogen) atoms. The van der Waals surface area contributed by atoms with E-state index in [4.69, 9.17) is 9.47 Å². The third-order valence-electron chi connectivity index (χ3n) is 2.20. The van der Waals surface area contributed by atoms with E-state index in [2.05, 4.69) is 20.1 Å². The van der Waals surface area contributed by atoms with Gasteiger partial charge in [0, 0.05) is 17.7 Å². The Kier molecular flexibility index (Phi) is 13.8. The Labute approximate surface area is 128 Å². The maximum atomic E-state index is 10.8. The van der Waals surface area contributed by atoms with Crippen molar-refractivity contribution in [1.29, 1.82) is 0 Å². The minimum atomic E-state index is -0.313. The second-order valence-corrected chi connectivity index (χ2v) is 4.99. The number of carbonyl (C=O) groups excluding carboxylic acids is 2. The second kappa shape index (κ2) is 13.4. The molecule has 0 saturated heterocycles. The largest absolute Gasteiger partial charge is 0.462 e. The highest BCUT2D eigenvalue weighted by molar-refractivity contribution is 5.87. The topological polar surface area (TPSA) is 55.8 Å². The number of esters is 2. The molecule has 5 heteroatoms. The molecule has 0 unspecified atom stereocenters. The zero-order valence-electron chi connectivity index (χ0n) is 14.0. The van der Waals surface area contributed by atoms with Gasteiger partial charge in [0.15, 0.2) is 0 Å². The van der Waals surface area contributed by atoms with Gasteiger partial charge in [-0.2, -0.15) is 0 Å². The van der Waals surface area contributed by atoms with Crippen molar-refractivity contribution >= 4 is 11.9 Å². The van der Waals surface area contributed by atoms with Crippen LogP contribution < -0.4 is 0 Å². The van der Waals surface area contributed by atoms with Crippen molar-refractivity contribution in [3.63, 3.8) is 0 Å². The molecule has 0 bridgehead atoms. The van der Waals surface area contributed by atoms with Crippen LogP contribution >= 0.6 is 0 Å². The number of nitrogens with zero attached hydrogens (tertiary/aromatic N) is 1. The number of carbonyl (C=O) groups is 2. The third-order valence-corrected chi connectivity index (χ3v) is 2.20. The summed E-state index contributed by atoms with van der Waals surface area (Å²) in [5.41, 5.74) is 0.917. The van der Waals surface area contributed by atoms with Gasteiger partial charge in [-0.3, -0.25) is 0 Å². The molecular formula is C16H29NO4. The van der Waals surface area contributed by atoms with Gasteiger partial charge in [0.25, 0.3) is 0 Å². The van der Waals surface area contributed by atoms with Crippen LogP contribution in [-0.4, -0.2) is 50.7 Å². The van der Waals surface area contributed by atoms with Crippen LogP contribution in [0.3, 0.4) is 0 Å². The lowest BCUT2D eigenvalue weighted by Gasteiger charge is -2.09. The second-order valence-electron chi connectivity index (χ2n) is 4.99. The molecule has 0 aromatic heterocycles. The standard InChI is InChI=1S/C8H15NO2.C8H14O2/c1-7(2)8(10)11-6-5-9(3)4;1-4-5-6-10-8(9)7(2)3/h1,5-6H2,2-4H3;2,4-6H2,1,3H3. The smallest absolute Gasteiger partial charge is 0.333 e. The summed E-state index contributed by atoms with van der Waals surface area (Å²) < 4.78 is 9.64. The summed E-state index contributed by atoms with van der Waals surface area (Å²) in [5.74, 6) is -0.597. The molecule has 0 atom stereocenters. The normalized spacial score (nSPS) is 9.43. The van der Waals surface area contributed by atoms with E-state index in [9.17, 15) is 9.59 Å². The van der Waals surface area contributed by atoms with Gasteiger partial charge in [0.1, 0.15) is 6.61 Å². The first kappa shape index (κ1) is 21.7. The van der Waals surface area contributed by atoms with E-state index in [-0.39, 0.29) is 11.9 Å². The minimum absolute atomic E-state index is 0.284. The molecule has 0 aromatic rings. The average molecular weight is 299 g/mol. The molecule has 122 valence electrons. The van der Waals surface area contributed by atoms with E-state index >= 15 is 0 Å². The number of likely N-dealkylation sites (N-methyl/N-ethyl adjacent to an activating group) is 1. The Hall–Kier alpha value is -1.62. The van der Waals surface area contributed by atoms with E-state index in [1.807, 2.05) is 19.0 Å². The Balaban J connectivity index is 0. The van der Waals surface area contributed by atoms with Crippen molar-refractivity contribution in [2.75, 3.05) is 33.9 Å². The van der Waals surface area contributed by atoms with E-state index in [1.165, 1.54) is 0 Å². The summed E-state index contributed by atoms with van der Waals surface area (Å²) >= 11 is 0. The van der Waals surface area contributed by atoms with Gasteiger partial charge >= 0.3 is 11.9 Å². The Bertz CT molecular complexity index is 348. The van der Waals surface area contributed by atoms with Gasteiger partial charge in [0.2, 0.25) is 0 Å². The van der Waals surface area contributed by atoms with Crippen LogP contribution in [0.5, 0.6) is 0 Å². The molecule has 0 aliphatic heterocycles. The van der Waals surface area contributed by atoms with Gasteiger partial charge < -0.3 is 14.4 Å². The Morgan fingerprint density at radius 2 is 1.38 bits per heavy atom. The predicted molar refractivity (Wildman–Crippen MR) is 85.0 cm³/mol. The summed E-state index contributed by atoms with van der Waals surface area (Å²) in [6, 6.07) is 0. The van der Waals surface area contributed by atoms with Crippen LogP contribution in [0.25, 0.3) is 0 Å². The molecule has 0 rings (SSSR count). The minimum Gasteiger partial charge on any atom is -0.462 e. The van der Waals surface area contributed by atoms with Crippen molar-refractivity contribution in [2.24, 2.45) is 0 Å². The van der Waals surface area contributed by atoms with Crippen molar-refractivity contribution in [2.45, 2.75) is 33.6 Å². The lowest BCUT2D eigenvalue weighted by atomic mass is 10.3. The molecule has 0 spiro atoms. The molecule has 0 aromatic carbocycles. The highest BCUT2D eigenvalue weighted by Gasteiger charge is 2.01. The maximum absolute atomic E-state index is 10.8. The fraction of sp³-hybridized carbons (Fsp3) is 0.625. The molecule has 5 nitrogen and oxygen atoms in total. The van der Waals surface area contributed by atoms with Crippen molar-refractivity contribution in [3.8, 4) is 0 Å². The summed E-state index contributed by atoms with van der Waals surface area (Å²) in [7, 11) is 3.85. The van der Waals surface area contributed by atoms with E-state index in [0.717, 1.165) is 19.4 Å². The maximum Gasteiger partial charge on any atom is 0.333 e. The predicted octanol–water partition coefficient (Wildman–Crippen LogP) is 2.57. The number of unbranched alkanes of at least 4 members (excludes halogenated alkanes) is 1. The van der Waals surface area contributed by atoms with Gasteiger partial charge in [0.05, 0.1) is 6.61 Å². The van der Waals surface area contributed by atoms with Crippen LogP contribution in [0.4, 0.5) is 0 Å². The van der Waals surface area contributed by atoms with Gasteiger partial charge in [-0.1, -0.05) is 26.5 Å². The van der Waals surface area contributed by atoms with Crippen molar-refractivity contribution in [1.82, 2.24) is 4.90 Å². The van der Waals surface area contributed by atoms with Gasteiger partial charge in [-0.25, -0.2) is 9.59 Å². The van der Waals surface area contributed by atoms with E-state index in [0.29, 0.717) is 24.4 Å². The first-order chi connectivity index (χ1) is 9.72. The van der Waals surface area contributed by atoms with Crippen LogP contribution in [-0.2, 0) is 19.1 Å². The first-order valence-corrected chi connectivity index (χ1v) is 7.02. The van der Waals surface area contributed by atoms with Crippen LogP contribution in [0, 0.1) is 0 Å². The monoisotopic (exact) mass is 299 g/mol. The van der Waals surface area contributed by atoms with Crippen LogP contribution in [0.15, 0.2) is 24.3 Å². The van der Waals surface area contributed by atoms with E-state index < -0.39 is 0 Å². The SMILES string of the molecule is C=C(C)C(=O)OCCCC.C=C(C)C(=O)OCCN(C)C. The third kappa shape index (κ3) is 16.3. The van der Waals surface area contributed by atoms with Crippen LogP contribution in [0.2, 0.25) is 0 Å². The average Bonchev–Trinajstić information content (AvgIpc) is 2.38. The van der Waals surface area contributed by atoms with Gasteiger partial charge in [-0.05, 0) is 34.4 Å². The molecule has 0 aliphatic carbocycles. The van der Waals surface area contributed by atoms with Crippen LogP contribution in [0.1, 0.15) is 33.6 Å². The molecular weight excluding hydrogens is 270 g/mol. The van der Waals surface area contributed by atoms with Crippen molar-refractivity contribution in [3.05, 3.63) is 24.3 Å². The highest BCUT2D eigenvalue weighted by Crippen LogP contribution is 1.94. The number of hydrogen-bond acceptors (Lipinski definition) is 5. The highest BCUT2D eigenvalue weighted by atomic mass is 16.5. The quantitative estimate of drug-likeness (QED) is 0.392. The van der Waals surface area contributed by atoms with E-state index in [1.54, 1.807) is 13.8 Å². The van der Waals surface area contributed by atoms with Gasteiger partial charge in [-0.15, -0.1) is 0 Å². The molecule has 0 saturated carbocycles. The summed E-state index contributed by atoms with van der Waals surface area (Å²) in [5, 5.41) is 0. The summed E-state index contributed by atoms with van der Waals surface area (Å²) in [4.78, 5) is 23.4. The Morgan fingerprint density at radius 1 is 0.952 bits per heavy atom. The number of ether oxygens (including phenoxy) is 2. The zero-order valence-corrected chi connectivity index (χ0v) is 14.0. The fourth-order valence-corrected chi connectivity index (χ4v) is 0.877. The zero-order chi connectivity index (χ0) is 16.8. The number of rotatable bonds is 8. The molecule has 0 N–H and O–H groups in total. The summed E-state index contributed by atoms with van der Waals surface area (Å²) in [6.45, 7) is 14.0. The lowest BCUT2D eigenvalue weighted by molar-refractivity contribution is -0.140. The Morgan fingerprint density at radius 3 is 1.71 bits per heavy atom. The first-order valence-electron chi connectivity index (χ1n) is 7.02. The molecule has 0 fully saturated rings. The summed E-state index contributed by atoms with van der Waals surface area (Å²) in [6.07, 6.45) is 1.97. The molecule has 0 amide bonds. The fourth-order valence-electron chi connectivity index (χ4n) is 0.877. The van der Waals surface area contributed by atoms with Crippen molar-refractivity contribution < 1.29 is 19.1 Å². The number of hydrogen-bond donors (Lipinski definition) is 0. The lowest BCUT2D eigenvalue weighted by Crippen LogP contribution is -2.20.